The zero-order chi connectivity index (χ0) is 30.9. The van der Waals surface area contributed by atoms with E-state index in [2.05, 4.69) is 13.8 Å². The van der Waals surface area contributed by atoms with E-state index in [4.69, 9.17) is 19.3 Å². The van der Waals surface area contributed by atoms with Crippen LogP contribution >= 0.6 is 0 Å². The number of nitrogens with zero attached hydrogens (tertiary/aromatic N) is 4. The van der Waals surface area contributed by atoms with E-state index in [1.165, 1.54) is 6.92 Å². The lowest BCUT2D eigenvalue weighted by Gasteiger charge is -2.38. The van der Waals surface area contributed by atoms with E-state index in [1.54, 1.807) is 9.80 Å². The minimum absolute atomic E-state index is 0.157. The molecular formula is C33H40N4O6. The summed E-state index contributed by atoms with van der Waals surface area (Å²) in [5.41, 5.74) is 4.52. The van der Waals surface area contributed by atoms with Crippen molar-refractivity contribution >= 4 is 18.2 Å². The van der Waals surface area contributed by atoms with Crippen LogP contribution in [-0.2, 0) is 33.7 Å². The molecule has 43 heavy (non-hydrogen) atoms. The maximum absolute atomic E-state index is 13.5. The Morgan fingerprint density at radius 1 is 1.00 bits per heavy atom. The van der Waals surface area contributed by atoms with E-state index in [0.29, 0.717) is 37.4 Å². The van der Waals surface area contributed by atoms with Crippen molar-refractivity contribution in [3.8, 4) is 11.4 Å². The second-order valence-electron chi connectivity index (χ2n) is 12.4. The summed E-state index contributed by atoms with van der Waals surface area (Å²) in [5, 5.41) is 5.01. The molecule has 2 aliphatic rings. The molecule has 1 atom stereocenters. The molecule has 0 N–H and O–H groups in total. The van der Waals surface area contributed by atoms with Gasteiger partial charge < -0.3 is 19.1 Å². The van der Waals surface area contributed by atoms with Gasteiger partial charge in [0, 0.05) is 45.0 Å². The summed E-state index contributed by atoms with van der Waals surface area (Å²) in [6, 6.07) is 14.9. The van der Waals surface area contributed by atoms with Crippen LogP contribution in [0.3, 0.4) is 0 Å². The van der Waals surface area contributed by atoms with E-state index < -0.39 is 29.8 Å². The molecule has 10 heteroatoms. The second-order valence-corrected chi connectivity index (χ2v) is 12.4. The van der Waals surface area contributed by atoms with Gasteiger partial charge in [-0.25, -0.2) is 14.3 Å². The number of esters is 1. The third kappa shape index (κ3) is 6.68. The number of rotatable bonds is 5. The third-order valence-corrected chi connectivity index (χ3v) is 7.63. The lowest BCUT2D eigenvalue weighted by atomic mass is 9.96. The van der Waals surface area contributed by atoms with Crippen molar-refractivity contribution in [1.82, 2.24) is 19.6 Å². The Bertz CT molecular complexity index is 1510. The van der Waals surface area contributed by atoms with Crippen LogP contribution < -0.4 is 4.74 Å². The van der Waals surface area contributed by atoms with E-state index >= 15 is 0 Å². The lowest BCUT2D eigenvalue weighted by Crippen LogP contribution is -2.47. The summed E-state index contributed by atoms with van der Waals surface area (Å²) in [5.74, 6) is 0.267. The van der Waals surface area contributed by atoms with Gasteiger partial charge in [-0.3, -0.25) is 9.69 Å². The molecule has 0 spiro atoms. The fourth-order valence-electron chi connectivity index (χ4n) is 5.61. The first-order chi connectivity index (χ1) is 20.4. The van der Waals surface area contributed by atoms with Crippen LogP contribution in [0.25, 0.3) is 5.69 Å². The molecule has 3 heterocycles. The van der Waals surface area contributed by atoms with E-state index in [1.807, 2.05) is 74.0 Å². The zero-order valence-corrected chi connectivity index (χ0v) is 25.8. The highest BCUT2D eigenvalue weighted by Gasteiger charge is 2.42. The molecule has 2 amide bonds. The van der Waals surface area contributed by atoms with Gasteiger partial charge in [0.05, 0.1) is 17.4 Å². The Morgan fingerprint density at radius 2 is 1.74 bits per heavy atom. The van der Waals surface area contributed by atoms with Crippen LogP contribution in [0.2, 0.25) is 0 Å². The van der Waals surface area contributed by atoms with Crippen molar-refractivity contribution in [2.24, 2.45) is 0 Å². The zero-order valence-electron chi connectivity index (χ0n) is 25.8. The van der Waals surface area contributed by atoms with Crippen molar-refractivity contribution in [1.29, 1.82) is 0 Å². The Hall–Kier alpha value is -4.34. The number of benzene rings is 2. The smallest absolute Gasteiger partial charge is 0.410 e. The number of hydrogen-bond acceptors (Lipinski definition) is 7. The predicted octanol–water partition coefficient (Wildman–Crippen LogP) is 5.95. The maximum Gasteiger partial charge on any atom is 0.410 e. The fraction of sp³-hybridized carbons (Fsp3) is 0.455. The first-order valence-electron chi connectivity index (χ1n) is 14.8. The number of ether oxygens (including phenoxy) is 3. The summed E-state index contributed by atoms with van der Waals surface area (Å²) in [7, 11) is 0. The highest BCUT2D eigenvalue weighted by Crippen LogP contribution is 2.39. The normalized spacial score (nSPS) is 16.4. The number of carbonyl (C=O) groups is 3. The largest absolute Gasteiger partial charge is 0.445 e. The first kappa shape index (κ1) is 30.1. The van der Waals surface area contributed by atoms with Crippen molar-refractivity contribution in [2.45, 2.75) is 78.6 Å². The molecule has 0 aliphatic carbocycles. The van der Waals surface area contributed by atoms with Gasteiger partial charge in [-0.15, -0.1) is 0 Å². The molecule has 5 rings (SSSR count). The predicted molar refractivity (Wildman–Crippen MR) is 160 cm³/mol. The molecule has 10 nitrogen and oxygen atoms in total. The molecule has 0 saturated heterocycles. The van der Waals surface area contributed by atoms with Gasteiger partial charge in [0.2, 0.25) is 0 Å². The van der Waals surface area contributed by atoms with Crippen LogP contribution in [-0.4, -0.2) is 63.0 Å². The summed E-state index contributed by atoms with van der Waals surface area (Å²) in [6.45, 7) is 12.2. The van der Waals surface area contributed by atoms with Gasteiger partial charge in [0.1, 0.15) is 17.9 Å². The van der Waals surface area contributed by atoms with Crippen LogP contribution in [0, 0.1) is 0 Å². The quantitative estimate of drug-likeness (QED) is 0.268. The Kier molecular flexibility index (Phi) is 8.48. The lowest BCUT2D eigenvalue weighted by molar-refractivity contribution is -0.131. The molecule has 3 aromatic rings. The number of carbonyl (C=O) groups excluding carboxylic acids is 3. The minimum atomic E-state index is -0.680. The Balaban J connectivity index is 1.52. The van der Waals surface area contributed by atoms with Gasteiger partial charge in [0.15, 0.2) is 5.75 Å². The second kappa shape index (κ2) is 12.1. The first-order valence-corrected chi connectivity index (χ1v) is 14.8. The van der Waals surface area contributed by atoms with E-state index in [-0.39, 0.29) is 19.1 Å². The number of aromatic nitrogens is 2. The van der Waals surface area contributed by atoms with Gasteiger partial charge in [-0.1, -0.05) is 50.2 Å². The topological polar surface area (TPSA) is 103 Å². The molecule has 0 saturated carbocycles. The van der Waals surface area contributed by atoms with Crippen LogP contribution in [0.15, 0.2) is 48.5 Å². The molecule has 0 radical (unpaired) electrons. The molecule has 1 unspecified atom stereocenters. The van der Waals surface area contributed by atoms with Crippen molar-refractivity contribution < 1.29 is 28.6 Å². The number of hydrogen-bond donors (Lipinski definition) is 0. The SMILES string of the molecule is CC(=O)Oc1cc(C(C)C)ccc1-n1nc2c3c1CCN(C(=O)OC(C)(C)C)C3CN(C(=O)OCc1ccccc1)CC2. The highest BCUT2D eigenvalue weighted by atomic mass is 16.6. The van der Waals surface area contributed by atoms with Gasteiger partial charge in [0.25, 0.3) is 0 Å². The molecule has 2 aliphatic heterocycles. The molecule has 0 fully saturated rings. The van der Waals surface area contributed by atoms with E-state index in [9.17, 15) is 14.4 Å². The third-order valence-electron chi connectivity index (χ3n) is 7.63. The average Bonchev–Trinajstić information content (AvgIpc) is 3.20. The van der Waals surface area contributed by atoms with Crippen LogP contribution in [0.1, 0.15) is 81.6 Å². The van der Waals surface area contributed by atoms with Crippen molar-refractivity contribution in [3.63, 3.8) is 0 Å². The fourth-order valence-corrected chi connectivity index (χ4v) is 5.61. The van der Waals surface area contributed by atoms with Gasteiger partial charge >= 0.3 is 18.2 Å². The molecule has 228 valence electrons. The summed E-state index contributed by atoms with van der Waals surface area (Å²) >= 11 is 0. The summed E-state index contributed by atoms with van der Waals surface area (Å²) in [6.07, 6.45) is 0.103. The van der Waals surface area contributed by atoms with E-state index in [0.717, 1.165) is 28.1 Å². The molecule has 2 aromatic carbocycles. The number of amides is 2. The maximum atomic E-state index is 13.5. The Labute approximate surface area is 252 Å². The highest BCUT2D eigenvalue weighted by molar-refractivity contribution is 5.72. The molecule has 0 bridgehead atoms. The minimum Gasteiger partial charge on any atom is -0.445 e. The Morgan fingerprint density at radius 3 is 2.42 bits per heavy atom. The molecular weight excluding hydrogens is 548 g/mol. The average molecular weight is 589 g/mol. The van der Waals surface area contributed by atoms with Gasteiger partial charge in [-0.05, 0) is 49.9 Å². The molecule has 1 aromatic heterocycles. The van der Waals surface area contributed by atoms with Crippen LogP contribution in [0.4, 0.5) is 9.59 Å². The van der Waals surface area contributed by atoms with Crippen molar-refractivity contribution in [2.75, 3.05) is 19.6 Å². The van der Waals surface area contributed by atoms with Crippen molar-refractivity contribution in [3.05, 3.63) is 76.6 Å². The summed E-state index contributed by atoms with van der Waals surface area (Å²) in [4.78, 5) is 42.1. The van der Waals surface area contributed by atoms with Gasteiger partial charge in [-0.2, -0.15) is 5.10 Å². The standard InChI is InChI=1S/C33H40N4O6/c1-21(2)24-12-13-26(29(18-24)42-22(3)38)37-27-15-17-36(32(40)43-33(4,5)6)28-19-35(16-14-25(34-37)30(27)28)31(39)41-20-23-10-8-7-9-11-23/h7-13,18,21,28H,14-17,19-20H2,1-6H3. The van der Waals surface area contributed by atoms with Crippen LogP contribution in [0.5, 0.6) is 5.75 Å². The monoisotopic (exact) mass is 588 g/mol. The summed E-state index contributed by atoms with van der Waals surface area (Å²) < 4.78 is 19.0.